The summed E-state index contributed by atoms with van der Waals surface area (Å²) in [5.41, 5.74) is 1.25. The van der Waals surface area contributed by atoms with Gasteiger partial charge in [0.05, 0.1) is 6.61 Å². The van der Waals surface area contributed by atoms with Crippen LogP contribution in [0.3, 0.4) is 0 Å². The summed E-state index contributed by atoms with van der Waals surface area (Å²) in [7, 11) is 0. The van der Waals surface area contributed by atoms with E-state index in [0.717, 1.165) is 25.3 Å². The predicted molar refractivity (Wildman–Crippen MR) is 68.3 cm³/mol. The maximum absolute atomic E-state index is 8.59. The van der Waals surface area contributed by atoms with E-state index in [1.54, 1.807) is 0 Å². The van der Waals surface area contributed by atoms with Gasteiger partial charge in [-0.25, -0.2) is 0 Å². The number of hydrogen-bond acceptors (Lipinski definition) is 3. The van der Waals surface area contributed by atoms with Gasteiger partial charge in [0.2, 0.25) is 0 Å². The van der Waals surface area contributed by atoms with E-state index in [1.165, 1.54) is 5.56 Å². The van der Waals surface area contributed by atoms with E-state index in [2.05, 4.69) is 12.2 Å². The van der Waals surface area contributed by atoms with Crippen LogP contribution >= 0.6 is 12.4 Å². The summed E-state index contributed by atoms with van der Waals surface area (Å²) >= 11 is 0. The second-order valence-electron chi connectivity index (χ2n) is 3.39. The molecule has 0 amide bonds. The zero-order chi connectivity index (χ0) is 10.9. The molecule has 0 saturated carbocycles. The van der Waals surface area contributed by atoms with Crippen molar-refractivity contribution >= 4 is 12.4 Å². The highest BCUT2D eigenvalue weighted by atomic mass is 35.5. The molecular weight excluding hydrogens is 226 g/mol. The van der Waals surface area contributed by atoms with Crippen molar-refractivity contribution in [2.24, 2.45) is 0 Å². The molecule has 0 aliphatic rings. The van der Waals surface area contributed by atoms with Crippen LogP contribution < -0.4 is 10.1 Å². The van der Waals surface area contributed by atoms with Crippen molar-refractivity contribution in [3.05, 3.63) is 29.8 Å². The summed E-state index contributed by atoms with van der Waals surface area (Å²) < 4.78 is 5.27. The second-order valence-corrected chi connectivity index (χ2v) is 3.39. The van der Waals surface area contributed by atoms with Crippen molar-refractivity contribution in [2.45, 2.75) is 19.9 Å². The van der Waals surface area contributed by atoms with E-state index in [1.807, 2.05) is 24.3 Å². The van der Waals surface area contributed by atoms with Gasteiger partial charge in [-0.05, 0) is 30.7 Å². The minimum atomic E-state index is 0. The SMILES string of the molecule is CCCNCc1ccc(OCCO)cc1.Cl. The van der Waals surface area contributed by atoms with Crippen molar-refractivity contribution in [3.63, 3.8) is 0 Å². The first kappa shape index (κ1) is 15.2. The van der Waals surface area contributed by atoms with Crippen LogP contribution in [0.25, 0.3) is 0 Å². The fraction of sp³-hybridized carbons (Fsp3) is 0.500. The summed E-state index contributed by atoms with van der Waals surface area (Å²) in [6.07, 6.45) is 1.15. The first-order valence-corrected chi connectivity index (χ1v) is 5.40. The van der Waals surface area contributed by atoms with Crippen molar-refractivity contribution < 1.29 is 9.84 Å². The normalized spacial score (nSPS) is 9.62. The molecule has 1 rings (SSSR count). The molecule has 0 heterocycles. The molecular formula is C12H20ClNO2. The zero-order valence-corrected chi connectivity index (χ0v) is 10.4. The Bertz CT molecular complexity index is 264. The zero-order valence-electron chi connectivity index (χ0n) is 9.61. The van der Waals surface area contributed by atoms with Gasteiger partial charge in [-0.3, -0.25) is 0 Å². The Morgan fingerprint density at radius 3 is 2.50 bits per heavy atom. The Labute approximate surface area is 103 Å². The third-order valence-electron chi connectivity index (χ3n) is 2.04. The summed E-state index contributed by atoms with van der Waals surface area (Å²) in [6, 6.07) is 7.93. The molecule has 0 fully saturated rings. The monoisotopic (exact) mass is 245 g/mol. The van der Waals surface area contributed by atoms with Crippen LogP contribution in [0, 0.1) is 0 Å². The molecule has 1 aromatic carbocycles. The lowest BCUT2D eigenvalue weighted by Gasteiger charge is -2.06. The molecule has 1 aromatic rings. The molecule has 0 atom stereocenters. The van der Waals surface area contributed by atoms with Crippen molar-refractivity contribution in [1.82, 2.24) is 5.32 Å². The molecule has 92 valence electrons. The van der Waals surface area contributed by atoms with Crippen LogP contribution in [0.4, 0.5) is 0 Å². The largest absolute Gasteiger partial charge is 0.491 e. The summed E-state index contributed by atoms with van der Waals surface area (Å²) in [5, 5.41) is 11.9. The highest BCUT2D eigenvalue weighted by Gasteiger charge is 1.94. The first-order valence-electron chi connectivity index (χ1n) is 5.40. The second kappa shape index (κ2) is 9.46. The number of aliphatic hydroxyl groups is 1. The number of halogens is 1. The smallest absolute Gasteiger partial charge is 0.119 e. The fourth-order valence-electron chi connectivity index (χ4n) is 1.28. The van der Waals surface area contributed by atoms with Crippen LogP contribution in [0.5, 0.6) is 5.75 Å². The first-order chi connectivity index (χ1) is 7.36. The average molecular weight is 246 g/mol. The topological polar surface area (TPSA) is 41.5 Å². The van der Waals surface area contributed by atoms with Crippen LogP contribution in [0.2, 0.25) is 0 Å². The molecule has 0 unspecified atom stereocenters. The molecule has 0 radical (unpaired) electrons. The number of benzene rings is 1. The average Bonchev–Trinajstić information content (AvgIpc) is 2.28. The van der Waals surface area contributed by atoms with Gasteiger partial charge in [0.1, 0.15) is 12.4 Å². The summed E-state index contributed by atoms with van der Waals surface area (Å²) in [4.78, 5) is 0. The fourth-order valence-corrected chi connectivity index (χ4v) is 1.28. The number of aliphatic hydroxyl groups excluding tert-OH is 1. The van der Waals surface area contributed by atoms with Gasteiger partial charge in [-0.15, -0.1) is 12.4 Å². The number of ether oxygens (including phenoxy) is 1. The third-order valence-corrected chi connectivity index (χ3v) is 2.04. The minimum absolute atomic E-state index is 0. The van der Waals surface area contributed by atoms with Gasteiger partial charge in [-0.1, -0.05) is 19.1 Å². The Hall–Kier alpha value is -0.770. The molecule has 0 aromatic heterocycles. The summed E-state index contributed by atoms with van der Waals surface area (Å²) in [6.45, 7) is 4.50. The number of hydrogen-bond donors (Lipinski definition) is 2. The quantitative estimate of drug-likeness (QED) is 0.722. The lowest BCUT2D eigenvalue weighted by atomic mass is 10.2. The number of rotatable bonds is 7. The predicted octanol–water partition coefficient (Wildman–Crippen LogP) is 1.98. The van der Waals surface area contributed by atoms with Crippen LogP contribution in [0.1, 0.15) is 18.9 Å². The highest BCUT2D eigenvalue weighted by molar-refractivity contribution is 5.85. The van der Waals surface area contributed by atoms with Crippen molar-refractivity contribution in [1.29, 1.82) is 0 Å². The Kier molecular flexibility index (Phi) is 9.00. The molecule has 0 spiro atoms. The lowest BCUT2D eigenvalue weighted by Crippen LogP contribution is -2.13. The molecule has 16 heavy (non-hydrogen) atoms. The summed E-state index contributed by atoms with van der Waals surface area (Å²) in [5.74, 6) is 0.809. The molecule has 4 heteroatoms. The van der Waals surface area contributed by atoms with Gasteiger partial charge >= 0.3 is 0 Å². The van der Waals surface area contributed by atoms with Crippen LogP contribution in [0.15, 0.2) is 24.3 Å². The molecule has 0 saturated heterocycles. The molecule has 3 nitrogen and oxygen atoms in total. The highest BCUT2D eigenvalue weighted by Crippen LogP contribution is 2.11. The van der Waals surface area contributed by atoms with E-state index in [4.69, 9.17) is 9.84 Å². The molecule has 0 bridgehead atoms. The van der Waals surface area contributed by atoms with Gasteiger partial charge in [0.15, 0.2) is 0 Å². The Morgan fingerprint density at radius 2 is 1.94 bits per heavy atom. The van der Waals surface area contributed by atoms with Crippen LogP contribution in [-0.2, 0) is 6.54 Å². The van der Waals surface area contributed by atoms with Gasteiger partial charge in [0, 0.05) is 6.54 Å². The standard InChI is InChI=1S/C12H19NO2.ClH/c1-2-7-13-10-11-3-5-12(6-4-11)15-9-8-14;/h3-6,13-14H,2,7-10H2,1H3;1H. The molecule has 2 N–H and O–H groups in total. The molecule has 0 aliphatic heterocycles. The van der Waals surface area contributed by atoms with Gasteiger partial charge in [-0.2, -0.15) is 0 Å². The maximum Gasteiger partial charge on any atom is 0.119 e. The van der Waals surface area contributed by atoms with Gasteiger partial charge < -0.3 is 15.2 Å². The minimum Gasteiger partial charge on any atom is -0.491 e. The van der Waals surface area contributed by atoms with Crippen LogP contribution in [-0.4, -0.2) is 24.9 Å². The maximum atomic E-state index is 8.59. The van der Waals surface area contributed by atoms with Gasteiger partial charge in [0.25, 0.3) is 0 Å². The van der Waals surface area contributed by atoms with E-state index in [0.29, 0.717) is 6.61 Å². The lowest BCUT2D eigenvalue weighted by molar-refractivity contribution is 0.201. The van der Waals surface area contributed by atoms with E-state index in [9.17, 15) is 0 Å². The van der Waals surface area contributed by atoms with Crippen molar-refractivity contribution in [2.75, 3.05) is 19.8 Å². The van der Waals surface area contributed by atoms with E-state index >= 15 is 0 Å². The Balaban J connectivity index is 0.00000225. The third kappa shape index (κ3) is 5.95. The number of nitrogens with one attached hydrogen (secondary N) is 1. The Morgan fingerprint density at radius 1 is 1.25 bits per heavy atom. The van der Waals surface area contributed by atoms with E-state index < -0.39 is 0 Å². The van der Waals surface area contributed by atoms with Crippen molar-refractivity contribution in [3.8, 4) is 5.75 Å². The molecule has 0 aliphatic carbocycles. The van der Waals surface area contributed by atoms with E-state index in [-0.39, 0.29) is 19.0 Å².